The number of carbonyl (C=O) groups is 1. The van der Waals surface area contributed by atoms with E-state index in [1.807, 2.05) is 4.90 Å². The summed E-state index contributed by atoms with van der Waals surface area (Å²) in [7, 11) is 0. The van der Waals surface area contributed by atoms with E-state index in [-0.39, 0.29) is 24.3 Å². The molecule has 0 radical (unpaired) electrons. The first-order valence-electron chi connectivity index (χ1n) is 8.12. The van der Waals surface area contributed by atoms with Crippen LogP contribution in [0.4, 0.5) is 10.2 Å². The van der Waals surface area contributed by atoms with Gasteiger partial charge >= 0.3 is 0 Å². The van der Waals surface area contributed by atoms with Crippen LogP contribution in [0.2, 0.25) is 0 Å². The molecule has 24 heavy (non-hydrogen) atoms. The molecule has 1 aliphatic heterocycles. The van der Waals surface area contributed by atoms with Crippen molar-refractivity contribution in [2.75, 3.05) is 18.0 Å². The van der Waals surface area contributed by atoms with E-state index >= 15 is 0 Å². The maximum atomic E-state index is 13.9. The van der Waals surface area contributed by atoms with Crippen molar-refractivity contribution in [2.45, 2.75) is 37.4 Å². The Hall–Kier alpha value is -2.51. The van der Waals surface area contributed by atoms with Crippen molar-refractivity contribution in [3.8, 4) is 0 Å². The minimum Gasteiger partial charge on any atom is -0.438 e. The number of halogens is 1. The van der Waals surface area contributed by atoms with Gasteiger partial charge in [0.2, 0.25) is 5.76 Å². The number of oxazole rings is 1. The van der Waals surface area contributed by atoms with Crippen molar-refractivity contribution in [2.24, 2.45) is 0 Å². The zero-order chi connectivity index (χ0) is 16.5. The first kappa shape index (κ1) is 15.0. The topological polar surface area (TPSA) is 84.2 Å². The van der Waals surface area contributed by atoms with E-state index in [0.717, 1.165) is 18.5 Å². The highest BCUT2D eigenvalue weighted by Crippen LogP contribution is 2.40. The van der Waals surface area contributed by atoms with Gasteiger partial charge in [-0.25, -0.2) is 9.37 Å². The van der Waals surface area contributed by atoms with Crippen LogP contribution in [0, 0.1) is 0 Å². The fraction of sp³-hybridized carbons (Fsp3) is 0.500. The van der Waals surface area contributed by atoms with E-state index in [4.69, 9.17) is 4.42 Å². The van der Waals surface area contributed by atoms with Crippen molar-refractivity contribution in [1.29, 1.82) is 0 Å². The molecule has 2 fully saturated rings. The van der Waals surface area contributed by atoms with Crippen LogP contribution >= 0.6 is 0 Å². The van der Waals surface area contributed by atoms with E-state index in [1.54, 1.807) is 18.3 Å². The van der Waals surface area contributed by atoms with E-state index < -0.39 is 6.17 Å². The van der Waals surface area contributed by atoms with Gasteiger partial charge in [0.05, 0.1) is 18.3 Å². The lowest BCUT2D eigenvalue weighted by Gasteiger charge is -2.24. The average molecular weight is 331 g/mol. The lowest BCUT2D eigenvalue weighted by Crippen LogP contribution is -2.40. The van der Waals surface area contributed by atoms with Gasteiger partial charge in [0.1, 0.15) is 6.17 Å². The van der Waals surface area contributed by atoms with Gasteiger partial charge in [-0.15, -0.1) is 5.10 Å². The number of nitrogens with zero attached hydrogens (tertiary/aromatic N) is 4. The molecule has 4 rings (SSSR count). The van der Waals surface area contributed by atoms with Crippen molar-refractivity contribution in [3.05, 3.63) is 36.2 Å². The van der Waals surface area contributed by atoms with Crippen molar-refractivity contribution >= 4 is 11.7 Å². The molecule has 2 atom stereocenters. The Morgan fingerprint density at radius 2 is 2.33 bits per heavy atom. The number of carbonyl (C=O) groups excluding carboxylic acids is 1. The monoisotopic (exact) mass is 331 g/mol. The van der Waals surface area contributed by atoms with Gasteiger partial charge in [-0.05, 0) is 25.0 Å². The largest absolute Gasteiger partial charge is 0.438 e. The predicted octanol–water partition coefficient (Wildman–Crippen LogP) is 1.69. The van der Waals surface area contributed by atoms with Crippen LogP contribution < -0.4 is 10.2 Å². The Morgan fingerprint density at radius 3 is 3.08 bits per heavy atom. The smallest absolute Gasteiger partial charge is 0.289 e. The molecule has 0 aromatic carbocycles. The third kappa shape index (κ3) is 2.95. The highest BCUT2D eigenvalue weighted by atomic mass is 19.1. The van der Waals surface area contributed by atoms with Crippen LogP contribution in [-0.4, -0.2) is 46.4 Å². The highest BCUT2D eigenvalue weighted by molar-refractivity contribution is 5.92. The molecule has 1 saturated carbocycles. The quantitative estimate of drug-likeness (QED) is 0.897. The minimum absolute atomic E-state index is 0.159. The number of hydrogen-bond acceptors (Lipinski definition) is 6. The summed E-state index contributed by atoms with van der Waals surface area (Å²) in [6, 6.07) is 3.40. The number of amides is 1. The van der Waals surface area contributed by atoms with Gasteiger partial charge in [0.25, 0.3) is 5.91 Å². The van der Waals surface area contributed by atoms with Gasteiger partial charge in [0, 0.05) is 25.1 Å². The van der Waals surface area contributed by atoms with Gasteiger partial charge in [-0.3, -0.25) is 4.79 Å². The number of alkyl halides is 1. The molecule has 7 nitrogen and oxygen atoms in total. The van der Waals surface area contributed by atoms with E-state index in [2.05, 4.69) is 20.5 Å². The van der Waals surface area contributed by atoms with Crippen LogP contribution in [0.15, 0.2) is 29.1 Å². The third-order valence-electron chi connectivity index (χ3n) is 4.48. The first-order chi connectivity index (χ1) is 11.7. The highest BCUT2D eigenvalue weighted by Gasteiger charge is 2.35. The Labute approximate surface area is 138 Å². The molecule has 3 heterocycles. The lowest BCUT2D eigenvalue weighted by molar-refractivity contribution is 0.0921. The van der Waals surface area contributed by atoms with Gasteiger partial charge in [-0.1, -0.05) is 0 Å². The summed E-state index contributed by atoms with van der Waals surface area (Å²) in [4.78, 5) is 18.3. The second kappa shape index (κ2) is 6.18. The molecule has 126 valence electrons. The third-order valence-corrected chi connectivity index (χ3v) is 4.48. The number of nitrogens with one attached hydrogen (secondary N) is 1. The molecular formula is C16H18FN5O2. The molecule has 2 aromatic heterocycles. The second-order valence-electron chi connectivity index (χ2n) is 6.27. The lowest BCUT2D eigenvalue weighted by atomic mass is 10.2. The van der Waals surface area contributed by atoms with Crippen LogP contribution in [0.25, 0.3) is 0 Å². The zero-order valence-corrected chi connectivity index (χ0v) is 13.1. The Bertz CT molecular complexity index is 718. The summed E-state index contributed by atoms with van der Waals surface area (Å²) >= 11 is 0. The molecule has 0 bridgehead atoms. The summed E-state index contributed by atoms with van der Waals surface area (Å²) in [5.74, 6) is 0.937. The Morgan fingerprint density at radius 1 is 1.46 bits per heavy atom. The molecule has 2 aromatic rings. The van der Waals surface area contributed by atoms with E-state index in [1.165, 1.54) is 6.39 Å². The maximum Gasteiger partial charge on any atom is 0.289 e. The zero-order valence-electron chi connectivity index (χ0n) is 13.1. The Balaban J connectivity index is 1.42. The fourth-order valence-corrected chi connectivity index (χ4v) is 3.14. The van der Waals surface area contributed by atoms with E-state index in [9.17, 15) is 9.18 Å². The molecule has 1 amide bonds. The molecule has 8 heteroatoms. The summed E-state index contributed by atoms with van der Waals surface area (Å²) in [6.45, 7) is 0.579. The van der Waals surface area contributed by atoms with Crippen LogP contribution in [-0.2, 0) is 0 Å². The molecule has 2 aliphatic rings. The fourth-order valence-electron chi connectivity index (χ4n) is 3.14. The molecular weight excluding hydrogens is 313 g/mol. The molecule has 1 aliphatic carbocycles. The summed E-state index contributed by atoms with van der Waals surface area (Å²) < 4.78 is 19.1. The Kier molecular flexibility index (Phi) is 3.87. The molecule has 0 unspecified atom stereocenters. The van der Waals surface area contributed by atoms with Crippen LogP contribution in [0.5, 0.6) is 0 Å². The average Bonchev–Trinajstić information content (AvgIpc) is 3.20. The van der Waals surface area contributed by atoms with Gasteiger partial charge in [-0.2, -0.15) is 5.10 Å². The summed E-state index contributed by atoms with van der Waals surface area (Å²) in [5, 5.41) is 10.7. The van der Waals surface area contributed by atoms with Gasteiger partial charge < -0.3 is 14.6 Å². The SMILES string of the molecule is O=C(NC[C@@H]1C[C@H](F)CN1c1cccnn1)c1ocnc1C1CC1. The molecule has 0 spiro atoms. The number of anilines is 1. The van der Waals surface area contributed by atoms with Gasteiger partial charge in [0.15, 0.2) is 12.2 Å². The van der Waals surface area contributed by atoms with Crippen LogP contribution in [0.3, 0.4) is 0 Å². The number of rotatable bonds is 5. The second-order valence-corrected chi connectivity index (χ2v) is 6.27. The van der Waals surface area contributed by atoms with E-state index in [0.29, 0.717) is 24.7 Å². The first-order valence-corrected chi connectivity index (χ1v) is 8.12. The molecule has 1 N–H and O–H groups in total. The number of hydrogen-bond donors (Lipinski definition) is 1. The van der Waals surface area contributed by atoms with Crippen molar-refractivity contribution < 1.29 is 13.6 Å². The molecule has 1 saturated heterocycles. The number of aromatic nitrogens is 3. The van der Waals surface area contributed by atoms with Crippen LogP contribution in [0.1, 0.15) is 41.4 Å². The normalized spacial score (nSPS) is 23.5. The summed E-state index contributed by atoms with van der Waals surface area (Å²) in [6.07, 6.45) is 4.37. The minimum atomic E-state index is -0.943. The predicted molar refractivity (Wildman–Crippen MR) is 83.5 cm³/mol. The maximum absolute atomic E-state index is 13.9. The van der Waals surface area contributed by atoms with Crippen molar-refractivity contribution in [1.82, 2.24) is 20.5 Å². The van der Waals surface area contributed by atoms with Crippen molar-refractivity contribution in [3.63, 3.8) is 0 Å². The standard InChI is InChI=1S/C16H18FN5O2/c17-11-6-12(22(8-11)13-2-1-5-20-21-13)7-18-16(23)15-14(10-3-4-10)19-9-24-15/h1-2,5,9-12H,3-4,6-8H2,(H,18,23)/t11-,12-/m0/s1. The summed E-state index contributed by atoms with van der Waals surface area (Å²) in [5.41, 5.74) is 0.730.